The maximum Gasteiger partial charge on any atom is 0.432 e. The standard InChI is InChI=1S/C61H84O12/c1-32-23-44(56(9,10)11)52(66)36(5)40(32)27-48(62)70-31-60(21,22)61(71-49(63)28-41-33(2)24-45(57(12,13)14)53(67)37(41)6,72-50(64)29-42-34(3)25-46(58(15,16)17)54(68)38(42)7)73-51(65)30-43-35(4)26-47(59(18,19)20)55(69)39(43)8/h23-26,66-69H,27-31H2,1-22H3. The number of aryl methyl sites for hydroxylation is 4. The smallest absolute Gasteiger partial charge is 0.432 e. The third-order valence-electron chi connectivity index (χ3n) is 14.3. The molecule has 400 valence electrons. The average molecular weight is 1010 g/mol. The van der Waals surface area contributed by atoms with Crippen molar-refractivity contribution < 1.29 is 58.6 Å². The van der Waals surface area contributed by atoms with E-state index in [1.165, 1.54) is 13.8 Å². The molecule has 12 heteroatoms. The van der Waals surface area contributed by atoms with Crippen LogP contribution in [0.15, 0.2) is 24.3 Å². The van der Waals surface area contributed by atoms with E-state index in [2.05, 4.69) is 0 Å². The lowest BCUT2D eigenvalue weighted by molar-refractivity contribution is -0.377. The summed E-state index contributed by atoms with van der Waals surface area (Å²) >= 11 is 0. The van der Waals surface area contributed by atoms with Crippen LogP contribution >= 0.6 is 0 Å². The summed E-state index contributed by atoms with van der Waals surface area (Å²) in [4.78, 5) is 58.2. The Balaban J connectivity index is 1.93. The zero-order chi connectivity index (χ0) is 56.0. The number of carbonyl (C=O) groups is 4. The van der Waals surface area contributed by atoms with Crippen molar-refractivity contribution >= 4 is 23.9 Å². The Bertz CT molecular complexity index is 2590. The fraction of sp³-hybridized carbons (Fsp3) is 0.541. The van der Waals surface area contributed by atoms with Gasteiger partial charge in [-0.05, 0) is 180 Å². The topological polar surface area (TPSA) is 186 Å². The highest BCUT2D eigenvalue weighted by molar-refractivity contribution is 5.80. The van der Waals surface area contributed by atoms with E-state index < -0.39 is 77.4 Å². The zero-order valence-corrected chi connectivity index (χ0v) is 47.9. The molecule has 4 aromatic carbocycles. The van der Waals surface area contributed by atoms with Crippen LogP contribution in [0.5, 0.6) is 23.0 Å². The maximum absolute atomic E-state index is 14.7. The van der Waals surface area contributed by atoms with Gasteiger partial charge in [-0.15, -0.1) is 0 Å². The molecule has 0 saturated carbocycles. The lowest BCUT2D eigenvalue weighted by Crippen LogP contribution is -2.57. The number of aromatic hydroxyl groups is 4. The van der Waals surface area contributed by atoms with E-state index in [0.717, 1.165) is 11.1 Å². The van der Waals surface area contributed by atoms with Gasteiger partial charge in [0.05, 0.1) is 25.7 Å². The summed E-state index contributed by atoms with van der Waals surface area (Å²) in [6.45, 7) is 39.9. The van der Waals surface area contributed by atoms with E-state index in [4.69, 9.17) is 18.9 Å². The Morgan fingerprint density at radius 3 is 0.781 bits per heavy atom. The Hall–Kier alpha value is -6.04. The first kappa shape index (κ1) is 59.5. The van der Waals surface area contributed by atoms with Gasteiger partial charge in [-0.1, -0.05) is 107 Å². The van der Waals surface area contributed by atoms with Crippen LogP contribution in [-0.2, 0) is 85.5 Å². The van der Waals surface area contributed by atoms with Crippen LogP contribution in [0, 0.1) is 60.8 Å². The maximum atomic E-state index is 14.7. The number of benzene rings is 4. The minimum atomic E-state index is -2.93. The van der Waals surface area contributed by atoms with Crippen LogP contribution in [0.2, 0.25) is 0 Å². The number of phenols is 4. The minimum absolute atomic E-state index is 0.00189. The molecule has 12 nitrogen and oxygen atoms in total. The predicted molar refractivity (Wildman–Crippen MR) is 286 cm³/mol. The molecule has 0 spiro atoms. The van der Waals surface area contributed by atoms with Crippen LogP contribution in [0.3, 0.4) is 0 Å². The number of phenolic OH excluding ortho intramolecular Hbond substituents is 4. The normalized spacial score (nSPS) is 12.7. The van der Waals surface area contributed by atoms with Gasteiger partial charge in [-0.3, -0.25) is 19.2 Å². The second-order valence-electron chi connectivity index (χ2n) is 25.0. The molecule has 0 heterocycles. The van der Waals surface area contributed by atoms with Crippen molar-refractivity contribution in [2.45, 2.75) is 206 Å². The molecule has 0 aliphatic rings. The minimum Gasteiger partial charge on any atom is -0.507 e. The highest BCUT2D eigenvalue weighted by Crippen LogP contribution is 2.44. The highest BCUT2D eigenvalue weighted by atomic mass is 16.9. The molecule has 0 atom stereocenters. The molecular formula is C61H84O12. The largest absolute Gasteiger partial charge is 0.507 e. The molecule has 0 amide bonds. The van der Waals surface area contributed by atoms with Gasteiger partial charge in [0.2, 0.25) is 0 Å². The Kier molecular flexibility index (Phi) is 17.2. The van der Waals surface area contributed by atoms with Crippen LogP contribution in [0.1, 0.15) is 186 Å². The molecular weight excluding hydrogens is 925 g/mol. The Morgan fingerprint density at radius 1 is 0.370 bits per heavy atom. The Labute approximate surface area is 434 Å². The van der Waals surface area contributed by atoms with Crippen molar-refractivity contribution in [3.63, 3.8) is 0 Å². The number of hydrogen-bond acceptors (Lipinski definition) is 12. The van der Waals surface area contributed by atoms with Crippen molar-refractivity contribution in [1.82, 2.24) is 0 Å². The molecule has 0 aliphatic carbocycles. The number of esters is 4. The van der Waals surface area contributed by atoms with Crippen LogP contribution < -0.4 is 0 Å². The zero-order valence-electron chi connectivity index (χ0n) is 47.9. The molecule has 4 N–H and O–H groups in total. The summed E-state index contributed by atoms with van der Waals surface area (Å²) in [5.74, 6) is -6.61. The summed E-state index contributed by atoms with van der Waals surface area (Å²) in [6.07, 6.45) is -1.65. The molecule has 4 rings (SSSR count). The van der Waals surface area contributed by atoms with Crippen molar-refractivity contribution in [2.75, 3.05) is 6.61 Å². The summed E-state index contributed by atoms with van der Waals surface area (Å²) in [7, 11) is 0. The Morgan fingerprint density at radius 2 is 0.575 bits per heavy atom. The third-order valence-corrected chi connectivity index (χ3v) is 14.3. The van der Waals surface area contributed by atoms with E-state index in [9.17, 15) is 39.6 Å². The van der Waals surface area contributed by atoms with Crippen molar-refractivity contribution in [3.05, 3.63) is 113 Å². The molecule has 0 bridgehead atoms. The van der Waals surface area contributed by atoms with Gasteiger partial charge < -0.3 is 39.4 Å². The van der Waals surface area contributed by atoms with Crippen molar-refractivity contribution in [1.29, 1.82) is 0 Å². The van der Waals surface area contributed by atoms with E-state index in [-0.39, 0.29) is 34.8 Å². The SMILES string of the molecule is Cc1cc(C(C)(C)C)c(O)c(C)c1CC(=O)OCC(C)(C)C(OC(=O)Cc1c(C)cc(C(C)(C)C)c(O)c1C)(OC(=O)Cc1c(C)cc(C(C)(C)C)c(O)c1C)OC(=O)Cc1c(C)cc(C(C)(C)C)c(O)c1C. The highest BCUT2D eigenvalue weighted by Gasteiger charge is 2.58. The second kappa shape index (κ2) is 21.1. The first-order chi connectivity index (χ1) is 33.1. The van der Waals surface area contributed by atoms with Crippen LogP contribution in [-0.4, -0.2) is 56.9 Å². The molecule has 4 aromatic rings. The summed E-state index contributed by atoms with van der Waals surface area (Å²) in [5, 5.41) is 45.5. The molecule has 73 heavy (non-hydrogen) atoms. The predicted octanol–water partition coefficient (Wildman–Crippen LogP) is 12.3. The summed E-state index contributed by atoms with van der Waals surface area (Å²) in [6, 6.07) is 7.25. The average Bonchev–Trinajstić information content (AvgIpc) is 3.23. The summed E-state index contributed by atoms with van der Waals surface area (Å²) < 4.78 is 24.8. The van der Waals surface area contributed by atoms with Gasteiger partial charge in [-0.2, -0.15) is 0 Å². The summed E-state index contributed by atoms with van der Waals surface area (Å²) in [5.41, 5.74) is 5.58. The van der Waals surface area contributed by atoms with Crippen molar-refractivity contribution in [3.8, 4) is 23.0 Å². The monoisotopic (exact) mass is 1010 g/mol. The van der Waals surface area contributed by atoms with Gasteiger partial charge in [0, 0.05) is 0 Å². The fourth-order valence-electron chi connectivity index (χ4n) is 9.44. The molecule has 0 saturated heterocycles. The van der Waals surface area contributed by atoms with Crippen LogP contribution in [0.25, 0.3) is 0 Å². The lowest BCUT2D eigenvalue weighted by Gasteiger charge is -2.42. The van der Waals surface area contributed by atoms with Gasteiger partial charge in [-0.25, -0.2) is 0 Å². The number of hydrogen-bond donors (Lipinski definition) is 4. The quantitative estimate of drug-likeness (QED) is 0.0693. The molecule has 0 aliphatic heterocycles. The number of ether oxygens (including phenoxy) is 4. The third kappa shape index (κ3) is 13.0. The number of carbonyl (C=O) groups excluding carboxylic acids is 4. The van der Waals surface area contributed by atoms with Crippen LogP contribution in [0.4, 0.5) is 0 Å². The lowest BCUT2D eigenvalue weighted by atomic mass is 9.82. The van der Waals surface area contributed by atoms with E-state index >= 15 is 0 Å². The second-order valence-corrected chi connectivity index (χ2v) is 25.0. The van der Waals surface area contributed by atoms with E-state index in [0.29, 0.717) is 77.9 Å². The number of rotatable bonds is 14. The molecule has 0 aromatic heterocycles. The van der Waals surface area contributed by atoms with Gasteiger partial charge in [0.25, 0.3) is 0 Å². The van der Waals surface area contributed by atoms with Gasteiger partial charge in [0.15, 0.2) is 0 Å². The van der Waals surface area contributed by atoms with Crippen molar-refractivity contribution in [2.24, 2.45) is 5.41 Å². The molecule has 0 radical (unpaired) electrons. The molecule has 0 unspecified atom stereocenters. The van der Waals surface area contributed by atoms with E-state index in [1.807, 2.05) is 96.1 Å². The van der Waals surface area contributed by atoms with Gasteiger partial charge >= 0.3 is 29.9 Å². The van der Waals surface area contributed by atoms with E-state index in [1.54, 1.807) is 66.7 Å². The van der Waals surface area contributed by atoms with Gasteiger partial charge in [0.1, 0.15) is 35.0 Å². The first-order valence-corrected chi connectivity index (χ1v) is 25.2. The fourth-order valence-corrected chi connectivity index (χ4v) is 9.44. The molecule has 0 fully saturated rings. The first-order valence-electron chi connectivity index (χ1n) is 25.2.